The fraction of sp³-hybridized carbons (Fsp3) is 0.154. The van der Waals surface area contributed by atoms with E-state index in [1.165, 1.54) is 18.3 Å². The van der Waals surface area contributed by atoms with Crippen LogP contribution < -0.4 is 15.5 Å². The fourth-order valence-electron chi connectivity index (χ4n) is 3.99. The molecule has 0 saturated carbocycles. The second-order valence-electron chi connectivity index (χ2n) is 7.92. The first-order valence-electron chi connectivity index (χ1n) is 11.2. The van der Waals surface area contributed by atoms with E-state index in [4.69, 9.17) is 4.74 Å². The van der Waals surface area contributed by atoms with E-state index in [1.54, 1.807) is 24.4 Å². The maximum absolute atomic E-state index is 15.1. The van der Waals surface area contributed by atoms with Gasteiger partial charge in [0.15, 0.2) is 0 Å². The highest BCUT2D eigenvalue weighted by Gasteiger charge is 2.17. The Bertz CT molecular complexity index is 1400. The highest BCUT2D eigenvalue weighted by Crippen LogP contribution is 2.32. The number of carbonyl (C=O) groups is 1. The Labute approximate surface area is 201 Å². The van der Waals surface area contributed by atoms with Gasteiger partial charge < -0.3 is 20.3 Å². The molecule has 35 heavy (non-hydrogen) atoms. The van der Waals surface area contributed by atoms with Gasteiger partial charge in [0.05, 0.1) is 41.4 Å². The molecule has 4 aromatic rings. The third-order valence-electron chi connectivity index (χ3n) is 5.67. The van der Waals surface area contributed by atoms with E-state index in [1.807, 2.05) is 24.3 Å². The van der Waals surface area contributed by atoms with Crippen LogP contribution in [0.4, 0.5) is 27.4 Å². The Morgan fingerprint density at radius 2 is 1.94 bits per heavy atom. The number of hydrogen-bond acceptors (Lipinski definition) is 7. The van der Waals surface area contributed by atoms with Crippen molar-refractivity contribution in [2.75, 3.05) is 41.8 Å². The first-order valence-corrected chi connectivity index (χ1v) is 11.2. The van der Waals surface area contributed by atoms with Crippen LogP contribution in [0.25, 0.3) is 22.2 Å². The molecule has 1 fully saturated rings. The van der Waals surface area contributed by atoms with Crippen molar-refractivity contribution < 1.29 is 13.9 Å². The molecule has 1 aliphatic rings. The van der Waals surface area contributed by atoms with Gasteiger partial charge in [0.2, 0.25) is 11.9 Å². The van der Waals surface area contributed by atoms with E-state index in [-0.39, 0.29) is 11.5 Å². The van der Waals surface area contributed by atoms with E-state index in [2.05, 4.69) is 37.1 Å². The smallest absolute Gasteiger partial charge is 0.247 e. The van der Waals surface area contributed by atoms with E-state index < -0.39 is 5.82 Å². The number of ether oxygens (including phenoxy) is 1. The highest BCUT2D eigenvalue weighted by molar-refractivity contribution is 6.00. The number of morpholine rings is 1. The normalized spacial score (nSPS) is 13.5. The van der Waals surface area contributed by atoms with E-state index in [0.29, 0.717) is 41.4 Å². The topological polar surface area (TPSA) is 92.3 Å². The van der Waals surface area contributed by atoms with Gasteiger partial charge in [-0.15, -0.1) is 0 Å². The number of aromatic nitrogens is 3. The Morgan fingerprint density at radius 1 is 1.11 bits per heavy atom. The molecule has 5 rings (SSSR count). The summed E-state index contributed by atoms with van der Waals surface area (Å²) in [5, 5.41) is 6.62. The van der Waals surface area contributed by atoms with E-state index in [0.717, 1.165) is 24.5 Å². The lowest BCUT2D eigenvalue weighted by atomic mass is 10.1. The van der Waals surface area contributed by atoms with Gasteiger partial charge in [0.1, 0.15) is 5.82 Å². The van der Waals surface area contributed by atoms with Crippen LogP contribution >= 0.6 is 0 Å². The molecular weight excluding hydrogens is 447 g/mol. The SMILES string of the molecule is C=CC(=O)Nc1ccnc(-c2c(F)ccc3cnc(Nc4ccccc4N4CCOCC4)nc23)c1. The molecule has 1 amide bonds. The number of anilines is 4. The number of benzene rings is 2. The van der Waals surface area contributed by atoms with Crippen molar-refractivity contribution in [1.82, 2.24) is 15.0 Å². The zero-order valence-electron chi connectivity index (χ0n) is 18.9. The average Bonchev–Trinajstić information content (AvgIpc) is 2.89. The Balaban J connectivity index is 1.53. The zero-order valence-corrected chi connectivity index (χ0v) is 18.9. The van der Waals surface area contributed by atoms with Crippen molar-refractivity contribution in [3.05, 3.63) is 79.4 Å². The molecule has 0 spiro atoms. The largest absolute Gasteiger partial charge is 0.378 e. The van der Waals surface area contributed by atoms with Crippen LogP contribution in [0.5, 0.6) is 0 Å². The average molecular weight is 471 g/mol. The standard InChI is InChI=1S/C26H23FN6O2/c1-2-23(34)30-18-9-10-28-21(15-18)24-19(27)8-7-17-16-29-26(32-25(17)24)31-20-5-3-4-6-22(20)33-11-13-35-14-12-33/h2-10,15-16H,1,11-14H2,(H,28,30,34)(H,29,31,32). The molecule has 0 bridgehead atoms. The quantitative estimate of drug-likeness (QED) is 0.400. The summed E-state index contributed by atoms with van der Waals surface area (Å²) in [5.74, 6) is -0.509. The lowest BCUT2D eigenvalue weighted by Gasteiger charge is -2.30. The van der Waals surface area contributed by atoms with Crippen molar-refractivity contribution in [1.29, 1.82) is 0 Å². The predicted molar refractivity (Wildman–Crippen MR) is 134 cm³/mol. The van der Waals surface area contributed by atoms with Gasteiger partial charge in [-0.2, -0.15) is 0 Å². The summed E-state index contributed by atoms with van der Waals surface area (Å²) in [7, 11) is 0. The summed E-state index contributed by atoms with van der Waals surface area (Å²) in [4.78, 5) is 27.4. The number of halogens is 1. The molecule has 2 aromatic carbocycles. The molecule has 1 aliphatic heterocycles. The summed E-state index contributed by atoms with van der Waals surface area (Å²) < 4.78 is 20.6. The maximum Gasteiger partial charge on any atom is 0.247 e. The van der Waals surface area contributed by atoms with E-state index in [9.17, 15) is 4.79 Å². The van der Waals surface area contributed by atoms with Crippen molar-refractivity contribution in [2.45, 2.75) is 0 Å². The number of rotatable bonds is 6. The molecule has 176 valence electrons. The summed E-state index contributed by atoms with van der Waals surface area (Å²) in [6, 6.07) is 14.1. The van der Waals surface area contributed by atoms with E-state index >= 15 is 4.39 Å². The van der Waals surface area contributed by atoms with Crippen LogP contribution in [0.1, 0.15) is 0 Å². The van der Waals surface area contributed by atoms with Crippen LogP contribution in [-0.2, 0) is 9.53 Å². The van der Waals surface area contributed by atoms with Crippen LogP contribution in [0.2, 0.25) is 0 Å². The number of para-hydroxylation sites is 2. The number of fused-ring (bicyclic) bond motifs is 1. The Morgan fingerprint density at radius 3 is 2.77 bits per heavy atom. The minimum Gasteiger partial charge on any atom is -0.378 e. The minimum atomic E-state index is -0.476. The number of carbonyl (C=O) groups excluding carboxylic acids is 1. The number of nitrogens with one attached hydrogen (secondary N) is 2. The summed E-state index contributed by atoms with van der Waals surface area (Å²) >= 11 is 0. The second-order valence-corrected chi connectivity index (χ2v) is 7.92. The first-order chi connectivity index (χ1) is 17.1. The number of amides is 1. The first kappa shape index (κ1) is 22.4. The van der Waals surface area contributed by atoms with Crippen molar-refractivity contribution >= 4 is 39.8 Å². The Hall–Kier alpha value is -4.37. The molecule has 2 N–H and O–H groups in total. The number of nitrogens with zero attached hydrogens (tertiary/aromatic N) is 4. The lowest BCUT2D eigenvalue weighted by Crippen LogP contribution is -2.36. The number of pyridine rings is 1. The fourth-order valence-corrected chi connectivity index (χ4v) is 3.99. The van der Waals surface area contributed by atoms with Gasteiger partial charge in [-0.1, -0.05) is 18.7 Å². The van der Waals surface area contributed by atoms with Crippen molar-refractivity contribution in [3.63, 3.8) is 0 Å². The predicted octanol–water partition coefficient (Wildman–Crippen LogP) is 4.54. The van der Waals surface area contributed by atoms with Crippen molar-refractivity contribution in [3.8, 4) is 11.3 Å². The van der Waals surface area contributed by atoms with Gasteiger partial charge in [0, 0.05) is 36.6 Å². The summed E-state index contributed by atoms with van der Waals surface area (Å²) in [6.07, 6.45) is 4.32. The highest BCUT2D eigenvalue weighted by atomic mass is 19.1. The van der Waals surface area contributed by atoms with Crippen molar-refractivity contribution in [2.24, 2.45) is 0 Å². The molecule has 8 nitrogen and oxygen atoms in total. The van der Waals surface area contributed by atoms with Crippen LogP contribution in [-0.4, -0.2) is 47.2 Å². The van der Waals surface area contributed by atoms with Gasteiger partial charge in [-0.25, -0.2) is 14.4 Å². The van der Waals surface area contributed by atoms with Gasteiger partial charge in [-0.05, 0) is 42.5 Å². The molecule has 0 radical (unpaired) electrons. The molecule has 3 heterocycles. The monoisotopic (exact) mass is 470 g/mol. The molecule has 0 aliphatic carbocycles. The molecule has 0 atom stereocenters. The third kappa shape index (κ3) is 4.80. The molecule has 0 unspecified atom stereocenters. The molecular formula is C26H23FN6O2. The maximum atomic E-state index is 15.1. The van der Waals surface area contributed by atoms with Crippen LogP contribution in [0.3, 0.4) is 0 Å². The summed E-state index contributed by atoms with van der Waals surface area (Å²) in [5.41, 5.74) is 3.32. The Kier molecular flexibility index (Phi) is 6.32. The lowest BCUT2D eigenvalue weighted by molar-refractivity contribution is -0.111. The number of hydrogen-bond donors (Lipinski definition) is 2. The third-order valence-corrected chi connectivity index (χ3v) is 5.67. The minimum absolute atomic E-state index is 0.226. The molecule has 2 aromatic heterocycles. The molecule has 9 heteroatoms. The van der Waals surface area contributed by atoms with Gasteiger partial charge in [0.25, 0.3) is 0 Å². The zero-order chi connectivity index (χ0) is 24.2. The second kappa shape index (κ2) is 9.86. The molecule has 1 saturated heterocycles. The van der Waals surface area contributed by atoms with Gasteiger partial charge in [-0.3, -0.25) is 9.78 Å². The van der Waals surface area contributed by atoms with Gasteiger partial charge >= 0.3 is 0 Å². The van der Waals surface area contributed by atoms with Crippen LogP contribution in [0.15, 0.2) is 73.6 Å². The summed E-state index contributed by atoms with van der Waals surface area (Å²) in [6.45, 7) is 6.37. The van der Waals surface area contributed by atoms with Crippen LogP contribution in [0, 0.1) is 5.82 Å².